The summed E-state index contributed by atoms with van der Waals surface area (Å²) in [6.07, 6.45) is 14.8. The highest BCUT2D eigenvalue weighted by molar-refractivity contribution is 6.00. The largest absolute Gasteiger partial charge is 0.441 e. The molecule has 0 aliphatic carbocycles. The summed E-state index contributed by atoms with van der Waals surface area (Å²) >= 11 is 0. The van der Waals surface area contributed by atoms with Gasteiger partial charge in [0.2, 0.25) is 0 Å². The zero-order valence-corrected chi connectivity index (χ0v) is 17.9. The van der Waals surface area contributed by atoms with E-state index in [9.17, 15) is 4.79 Å². The van der Waals surface area contributed by atoms with E-state index in [1.807, 2.05) is 55.6 Å². The number of rotatable bonds is 2. The molecule has 1 amide bonds. The van der Waals surface area contributed by atoms with Crippen LogP contribution in [0.25, 0.3) is 16.7 Å². The Balaban J connectivity index is 1.45. The molecule has 4 heterocycles. The Hall–Kier alpha value is -3.38. The zero-order valence-electron chi connectivity index (χ0n) is 17.9. The highest BCUT2D eigenvalue weighted by atomic mass is 16.3. The monoisotopic (exact) mass is 414 g/mol. The number of allylic oxidation sites excluding steroid dienone is 6. The fourth-order valence-corrected chi connectivity index (χ4v) is 4.22. The minimum Gasteiger partial charge on any atom is -0.441 e. The van der Waals surface area contributed by atoms with Crippen molar-refractivity contribution in [1.29, 1.82) is 0 Å². The van der Waals surface area contributed by atoms with Crippen LogP contribution >= 0.6 is 0 Å². The number of nitrogens with zero attached hydrogens (tertiary/aromatic N) is 4. The van der Waals surface area contributed by atoms with Gasteiger partial charge in [0.05, 0.1) is 5.70 Å². The smallest absolute Gasteiger partial charge is 0.255 e. The minimum absolute atomic E-state index is 0.0618. The molecule has 0 bridgehead atoms. The lowest BCUT2D eigenvalue weighted by Gasteiger charge is -2.30. The van der Waals surface area contributed by atoms with E-state index in [-0.39, 0.29) is 5.91 Å². The average molecular weight is 415 g/mol. The number of amides is 1. The number of carbonyl (C=O) groups excluding carboxylic acids is 1. The number of hydrogen-bond acceptors (Lipinski definition) is 5. The molecule has 2 aromatic rings. The fourth-order valence-electron chi connectivity index (χ4n) is 4.22. The summed E-state index contributed by atoms with van der Waals surface area (Å²) < 4.78 is 5.67. The zero-order chi connectivity index (χ0) is 21.4. The molecule has 6 nitrogen and oxygen atoms in total. The van der Waals surface area contributed by atoms with Crippen LogP contribution in [0.5, 0.6) is 0 Å². The molecule has 0 unspecified atom stereocenters. The summed E-state index contributed by atoms with van der Waals surface area (Å²) in [5.41, 5.74) is 5.27. The third kappa shape index (κ3) is 3.99. The van der Waals surface area contributed by atoms with Crippen LogP contribution in [0.2, 0.25) is 0 Å². The SMILES string of the molecule is Cc1nc2ccc(C3=C\C(=O)N4C=C(N5CCCN(C)CC5)C=C\C4=C/C=C/3)cc2o1. The van der Waals surface area contributed by atoms with Crippen molar-refractivity contribution in [3.05, 3.63) is 83.7 Å². The Kier molecular flexibility index (Phi) is 5.08. The Bertz CT molecular complexity index is 1180. The number of oxazole rings is 1. The number of aromatic nitrogens is 1. The molecule has 6 heteroatoms. The normalized spacial score (nSPS) is 24.5. The van der Waals surface area contributed by atoms with Crippen LogP contribution in [0.1, 0.15) is 17.9 Å². The number of likely N-dealkylation sites (N-methyl/N-ethyl adjacent to an activating group) is 1. The first kappa shape index (κ1) is 19.6. The van der Waals surface area contributed by atoms with E-state index in [0.29, 0.717) is 5.89 Å². The summed E-state index contributed by atoms with van der Waals surface area (Å²) in [7, 11) is 2.16. The van der Waals surface area contributed by atoms with Gasteiger partial charge in [-0.15, -0.1) is 0 Å². The number of hydrogen-bond donors (Lipinski definition) is 0. The molecule has 0 N–H and O–H groups in total. The van der Waals surface area contributed by atoms with Crippen molar-refractivity contribution >= 4 is 22.6 Å². The first-order valence-corrected chi connectivity index (χ1v) is 10.7. The fraction of sp³-hybridized carbons (Fsp3) is 0.280. The molecule has 1 aromatic carbocycles. The third-order valence-corrected chi connectivity index (χ3v) is 5.94. The van der Waals surface area contributed by atoms with Gasteiger partial charge in [-0.1, -0.05) is 18.2 Å². The maximum atomic E-state index is 13.2. The quantitative estimate of drug-likeness (QED) is 0.747. The molecule has 0 radical (unpaired) electrons. The molecule has 1 fully saturated rings. The molecule has 1 saturated heterocycles. The Labute approximate surface area is 182 Å². The number of fused-ring (bicyclic) bond motifs is 2. The molecular formula is C25H26N4O2. The van der Waals surface area contributed by atoms with Crippen molar-refractivity contribution in [1.82, 2.24) is 19.7 Å². The van der Waals surface area contributed by atoms with Gasteiger partial charge in [0.15, 0.2) is 11.5 Å². The summed E-state index contributed by atoms with van der Waals surface area (Å²) in [6.45, 7) is 5.93. The number of carbonyl (C=O) groups is 1. The summed E-state index contributed by atoms with van der Waals surface area (Å²) in [4.78, 5) is 24.0. The van der Waals surface area contributed by atoms with Crippen molar-refractivity contribution in [2.45, 2.75) is 13.3 Å². The van der Waals surface area contributed by atoms with Crippen LogP contribution in [-0.2, 0) is 4.79 Å². The topological polar surface area (TPSA) is 52.8 Å². The molecule has 0 spiro atoms. The van der Waals surface area contributed by atoms with Gasteiger partial charge < -0.3 is 14.2 Å². The third-order valence-electron chi connectivity index (χ3n) is 5.94. The van der Waals surface area contributed by atoms with Gasteiger partial charge >= 0.3 is 0 Å². The molecule has 0 atom stereocenters. The van der Waals surface area contributed by atoms with Crippen LogP contribution in [0, 0.1) is 6.92 Å². The van der Waals surface area contributed by atoms with E-state index in [1.54, 1.807) is 11.0 Å². The second-order valence-corrected chi connectivity index (χ2v) is 8.21. The van der Waals surface area contributed by atoms with Crippen LogP contribution in [0.3, 0.4) is 0 Å². The van der Waals surface area contributed by atoms with Crippen molar-refractivity contribution < 1.29 is 9.21 Å². The lowest BCUT2D eigenvalue weighted by atomic mass is 10.0. The van der Waals surface area contributed by atoms with E-state index < -0.39 is 0 Å². The Morgan fingerprint density at radius 2 is 1.90 bits per heavy atom. The summed E-state index contributed by atoms with van der Waals surface area (Å²) in [6, 6.07) is 5.85. The van der Waals surface area contributed by atoms with Gasteiger partial charge in [0.25, 0.3) is 5.91 Å². The van der Waals surface area contributed by atoms with E-state index in [2.05, 4.69) is 27.9 Å². The molecule has 3 aliphatic heterocycles. The lowest BCUT2D eigenvalue weighted by Crippen LogP contribution is -2.32. The van der Waals surface area contributed by atoms with E-state index in [4.69, 9.17) is 4.42 Å². The molecular weight excluding hydrogens is 388 g/mol. The van der Waals surface area contributed by atoms with Crippen LogP contribution in [0.15, 0.2) is 76.7 Å². The summed E-state index contributed by atoms with van der Waals surface area (Å²) in [5.74, 6) is 0.573. The standard InChI is InChI=1S/C25H26N4O2/c1-18-26-23-10-7-20(15-24(23)31-18)19-5-3-6-21-8-9-22(17-29(21)25(30)16-19)28-12-4-11-27(2)13-14-28/h3,5-10,15-17H,4,11-14H2,1-2H3/b5-3+,19-16+,21-6+. The Morgan fingerprint density at radius 3 is 2.81 bits per heavy atom. The van der Waals surface area contributed by atoms with Gasteiger partial charge in [0, 0.05) is 44.5 Å². The summed E-state index contributed by atoms with van der Waals surface area (Å²) in [5, 5.41) is 0. The highest BCUT2D eigenvalue weighted by Crippen LogP contribution is 2.27. The van der Waals surface area contributed by atoms with Crippen LogP contribution in [0.4, 0.5) is 0 Å². The average Bonchev–Trinajstić information content (AvgIpc) is 2.99. The van der Waals surface area contributed by atoms with Gasteiger partial charge in [-0.05, 0) is 61.5 Å². The minimum atomic E-state index is -0.0618. The first-order valence-electron chi connectivity index (χ1n) is 10.7. The predicted octanol–water partition coefficient (Wildman–Crippen LogP) is 3.85. The highest BCUT2D eigenvalue weighted by Gasteiger charge is 2.22. The second kappa shape index (κ2) is 8.04. The molecule has 1 aromatic heterocycles. The second-order valence-electron chi connectivity index (χ2n) is 8.21. The predicted molar refractivity (Wildman–Crippen MR) is 122 cm³/mol. The van der Waals surface area contributed by atoms with Crippen molar-refractivity contribution in [3.63, 3.8) is 0 Å². The van der Waals surface area contributed by atoms with Crippen LogP contribution in [-0.4, -0.2) is 58.8 Å². The molecule has 158 valence electrons. The molecule has 31 heavy (non-hydrogen) atoms. The number of aryl methyl sites for hydroxylation is 1. The van der Waals surface area contributed by atoms with E-state index in [1.165, 1.54) is 0 Å². The molecule has 3 aliphatic rings. The van der Waals surface area contributed by atoms with Crippen molar-refractivity contribution in [3.8, 4) is 0 Å². The van der Waals surface area contributed by atoms with Gasteiger partial charge in [-0.25, -0.2) is 4.98 Å². The first-order chi connectivity index (χ1) is 15.1. The molecule has 5 rings (SSSR count). The maximum Gasteiger partial charge on any atom is 0.255 e. The van der Waals surface area contributed by atoms with Crippen molar-refractivity contribution in [2.75, 3.05) is 33.2 Å². The molecule has 0 saturated carbocycles. The Morgan fingerprint density at radius 1 is 1.03 bits per heavy atom. The van der Waals surface area contributed by atoms with E-state index >= 15 is 0 Å². The van der Waals surface area contributed by atoms with Crippen molar-refractivity contribution in [2.24, 2.45) is 0 Å². The van der Waals surface area contributed by atoms with E-state index in [0.717, 1.165) is 66.2 Å². The lowest BCUT2D eigenvalue weighted by molar-refractivity contribution is -0.122. The maximum absolute atomic E-state index is 13.2. The van der Waals surface area contributed by atoms with Crippen LogP contribution < -0.4 is 0 Å². The van der Waals surface area contributed by atoms with Gasteiger partial charge in [-0.3, -0.25) is 9.69 Å². The van der Waals surface area contributed by atoms with Gasteiger partial charge in [-0.2, -0.15) is 0 Å². The van der Waals surface area contributed by atoms with Gasteiger partial charge in [0.1, 0.15) is 5.52 Å². The number of benzene rings is 1.